The number of amides is 1. The number of halogens is 1. The molecule has 0 unspecified atom stereocenters. The average Bonchev–Trinajstić information content (AvgIpc) is 2.37. The van der Waals surface area contributed by atoms with Gasteiger partial charge in [-0.2, -0.15) is 0 Å². The topological polar surface area (TPSA) is 73.6 Å². The number of hydrogen-bond donors (Lipinski definition) is 2. The van der Waals surface area contributed by atoms with Gasteiger partial charge in [0.1, 0.15) is 0 Å². The van der Waals surface area contributed by atoms with Crippen LogP contribution >= 0.6 is 11.6 Å². The Hall–Kier alpha value is -1.90. The Morgan fingerprint density at radius 2 is 2.32 bits per heavy atom. The van der Waals surface area contributed by atoms with Crippen molar-refractivity contribution in [2.24, 2.45) is 5.73 Å². The molecule has 0 aliphatic heterocycles. The van der Waals surface area contributed by atoms with Gasteiger partial charge in [0.15, 0.2) is 18.1 Å². The lowest BCUT2D eigenvalue weighted by molar-refractivity contribution is -0.119. The van der Waals surface area contributed by atoms with Gasteiger partial charge in [0.2, 0.25) is 0 Å². The third-order valence-corrected chi connectivity index (χ3v) is 2.48. The second-order valence-corrected chi connectivity index (χ2v) is 4.08. The zero-order chi connectivity index (χ0) is 14.3. The fourth-order valence-electron chi connectivity index (χ4n) is 1.44. The highest BCUT2D eigenvalue weighted by molar-refractivity contribution is 6.32. The number of hydrogen-bond acceptors (Lipinski definition) is 4. The number of benzene rings is 1. The molecule has 0 spiro atoms. The van der Waals surface area contributed by atoms with Crippen molar-refractivity contribution >= 4 is 17.5 Å². The summed E-state index contributed by atoms with van der Waals surface area (Å²) in [5.41, 5.74) is 5.91. The van der Waals surface area contributed by atoms with Crippen molar-refractivity contribution in [3.8, 4) is 23.8 Å². The smallest absolute Gasteiger partial charge is 0.255 e. The minimum absolute atomic E-state index is 0.259. The molecule has 0 heterocycles. The van der Waals surface area contributed by atoms with Crippen LogP contribution in [0.4, 0.5) is 0 Å². The first-order valence-corrected chi connectivity index (χ1v) is 5.88. The van der Waals surface area contributed by atoms with E-state index in [4.69, 9.17) is 33.2 Å². The molecule has 5 nitrogen and oxygen atoms in total. The molecule has 19 heavy (non-hydrogen) atoms. The van der Waals surface area contributed by atoms with Crippen molar-refractivity contribution in [1.29, 1.82) is 0 Å². The standard InChI is InChI=1S/C13H15ClN2O3/c1-3-4-16-7-9-5-10(14)13(11(6-9)18-2)19-8-12(15)17/h1,5-6,16H,4,7-8H2,2H3,(H2,15,17). The van der Waals surface area contributed by atoms with E-state index in [2.05, 4.69) is 11.2 Å². The van der Waals surface area contributed by atoms with Crippen LogP contribution in [-0.4, -0.2) is 26.2 Å². The van der Waals surface area contributed by atoms with Crippen LogP contribution in [-0.2, 0) is 11.3 Å². The number of rotatable bonds is 7. The number of carbonyl (C=O) groups excluding carboxylic acids is 1. The molecule has 0 bridgehead atoms. The molecule has 1 aromatic rings. The molecule has 6 heteroatoms. The van der Waals surface area contributed by atoms with Gasteiger partial charge >= 0.3 is 0 Å². The third kappa shape index (κ3) is 4.70. The first kappa shape index (κ1) is 15.2. The van der Waals surface area contributed by atoms with Crippen LogP contribution in [0, 0.1) is 12.3 Å². The van der Waals surface area contributed by atoms with Crippen LogP contribution in [0.5, 0.6) is 11.5 Å². The predicted molar refractivity (Wildman–Crippen MR) is 73.2 cm³/mol. The maximum atomic E-state index is 10.7. The SMILES string of the molecule is C#CCNCc1cc(Cl)c(OCC(N)=O)c(OC)c1. The van der Waals surface area contributed by atoms with E-state index in [9.17, 15) is 4.79 Å². The largest absolute Gasteiger partial charge is 0.493 e. The first-order valence-electron chi connectivity index (χ1n) is 5.50. The fourth-order valence-corrected chi connectivity index (χ4v) is 1.73. The molecular formula is C13H15ClN2O3. The van der Waals surface area contributed by atoms with Crippen LogP contribution in [0.25, 0.3) is 0 Å². The van der Waals surface area contributed by atoms with Crippen molar-refractivity contribution in [2.75, 3.05) is 20.3 Å². The van der Waals surface area contributed by atoms with Gasteiger partial charge in [0.05, 0.1) is 18.7 Å². The quantitative estimate of drug-likeness (QED) is 0.576. The van der Waals surface area contributed by atoms with E-state index < -0.39 is 5.91 Å². The predicted octanol–water partition coefficient (Wildman–Crippen LogP) is 0.936. The monoisotopic (exact) mass is 282 g/mol. The highest BCUT2D eigenvalue weighted by atomic mass is 35.5. The van der Waals surface area contributed by atoms with Crippen molar-refractivity contribution in [3.63, 3.8) is 0 Å². The Bertz CT molecular complexity index is 497. The van der Waals surface area contributed by atoms with Gasteiger partial charge in [-0.1, -0.05) is 17.5 Å². The zero-order valence-corrected chi connectivity index (χ0v) is 11.3. The van der Waals surface area contributed by atoms with Gasteiger partial charge in [-0.05, 0) is 17.7 Å². The van der Waals surface area contributed by atoms with Crippen molar-refractivity contribution < 1.29 is 14.3 Å². The van der Waals surface area contributed by atoms with Gasteiger partial charge < -0.3 is 20.5 Å². The van der Waals surface area contributed by atoms with Crippen molar-refractivity contribution in [2.45, 2.75) is 6.54 Å². The number of primary amides is 1. The molecule has 0 aliphatic rings. The zero-order valence-electron chi connectivity index (χ0n) is 10.5. The molecule has 0 fully saturated rings. The molecule has 1 rings (SSSR count). The number of nitrogens with two attached hydrogens (primary N) is 1. The van der Waals surface area contributed by atoms with E-state index in [0.717, 1.165) is 5.56 Å². The third-order valence-electron chi connectivity index (χ3n) is 2.20. The second kappa shape index (κ2) is 7.52. The van der Waals surface area contributed by atoms with Crippen LogP contribution in [0.3, 0.4) is 0 Å². The molecule has 1 aromatic carbocycles. The van der Waals surface area contributed by atoms with E-state index in [1.807, 2.05) is 0 Å². The van der Waals surface area contributed by atoms with Gasteiger partial charge in [-0.25, -0.2) is 0 Å². The summed E-state index contributed by atoms with van der Waals surface area (Å²) in [5, 5.41) is 3.38. The van der Waals surface area contributed by atoms with E-state index >= 15 is 0 Å². The van der Waals surface area contributed by atoms with E-state index in [0.29, 0.717) is 29.6 Å². The van der Waals surface area contributed by atoms with Crippen LogP contribution in [0.2, 0.25) is 5.02 Å². The Kier molecular flexibility index (Phi) is 6.00. The van der Waals surface area contributed by atoms with Gasteiger partial charge in [0.25, 0.3) is 5.91 Å². The first-order chi connectivity index (χ1) is 9.08. The lowest BCUT2D eigenvalue weighted by Gasteiger charge is -2.13. The second-order valence-electron chi connectivity index (χ2n) is 3.67. The Labute approximate surface area is 117 Å². The summed E-state index contributed by atoms with van der Waals surface area (Å²) in [4.78, 5) is 10.7. The lowest BCUT2D eigenvalue weighted by Crippen LogP contribution is -2.20. The number of methoxy groups -OCH3 is 1. The molecule has 0 radical (unpaired) electrons. The van der Waals surface area contributed by atoms with E-state index in [1.165, 1.54) is 7.11 Å². The number of ether oxygens (including phenoxy) is 2. The molecular weight excluding hydrogens is 268 g/mol. The minimum atomic E-state index is -0.585. The van der Waals surface area contributed by atoms with E-state index in [-0.39, 0.29) is 6.61 Å². The van der Waals surface area contributed by atoms with E-state index in [1.54, 1.807) is 12.1 Å². The molecule has 0 saturated carbocycles. The number of carbonyl (C=O) groups is 1. The fraction of sp³-hybridized carbons (Fsp3) is 0.308. The Morgan fingerprint density at radius 3 is 2.89 bits per heavy atom. The maximum Gasteiger partial charge on any atom is 0.255 e. The molecule has 102 valence electrons. The Morgan fingerprint density at radius 1 is 1.58 bits per heavy atom. The van der Waals surface area contributed by atoms with Crippen LogP contribution < -0.4 is 20.5 Å². The lowest BCUT2D eigenvalue weighted by atomic mass is 10.2. The minimum Gasteiger partial charge on any atom is -0.493 e. The Balaban J connectivity index is 2.88. The molecule has 3 N–H and O–H groups in total. The summed E-state index contributed by atoms with van der Waals surface area (Å²) in [6.07, 6.45) is 5.14. The molecule has 0 saturated heterocycles. The summed E-state index contributed by atoms with van der Waals surface area (Å²) in [6.45, 7) is 0.751. The molecule has 1 amide bonds. The number of nitrogens with one attached hydrogen (secondary N) is 1. The van der Waals surface area contributed by atoms with Crippen molar-refractivity contribution in [3.05, 3.63) is 22.7 Å². The van der Waals surface area contributed by atoms with Crippen molar-refractivity contribution in [1.82, 2.24) is 5.32 Å². The summed E-state index contributed by atoms with van der Waals surface area (Å²) in [5.74, 6) is 2.62. The molecule has 0 aromatic heterocycles. The summed E-state index contributed by atoms with van der Waals surface area (Å²) >= 11 is 6.08. The van der Waals surface area contributed by atoms with Gasteiger partial charge in [-0.3, -0.25) is 4.79 Å². The molecule has 0 aliphatic carbocycles. The highest BCUT2D eigenvalue weighted by Gasteiger charge is 2.12. The summed E-state index contributed by atoms with van der Waals surface area (Å²) in [7, 11) is 1.49. The van der Waals surface area contributed by atoms with Crippen LogP contribution in [0.1, 0.15) is 5.56 Å². The van der Waals surface area contributed by atoms with Gasteiger partial charge in [-0.15, -0.1) is 6.42 Å². The normalized spacial score (nSPS) is 9.74. The highest BCUT2D eigenvalue weighted by Crippen LogP contribution is 2.36. The number of terminal acetylenes is 1. The average molecular weight is 283 g/mol. The molecule has 0 atom stereocenters. The maximum absolute atomic E-state index is 10.7. The summed E-state index contributed by atoms with van der Waals surface area (Å²) < 4.78 is 10.4. The summed E-state index contributed by atoms with van der Waals surface area (Å²) in [6, 6.07) is 3.47. The van der Waals surface area contributed by atoms with Crippen LogP contribution in [0.15, 0.2) is 12.1 Å². The van der Waals surface area contributed by atoms with Gasteiger partial charge in [0, 0.05) is 6.54 Å².